The predicted octanol–water partition coefficient (Wildman–Crippen LogP) is 4.08. The van der Waals surface area contributed by atoms with Crippen LogP contribution >= 0.6 is 34.8 Å². The van der Waals surface area contributed by atoms with E-state index in [-0.39, 0.29) is 5.82 Å². The maximum atomic E-state index is 13.7. The number of nitrogens with zero attached hydrogens (tertiary/aromatic N) is 2. The molecule has 2 aromatic heterocycles. The molecule has 0 unspecified atom stereocenters. The topological polar surface area (TPSA) is 33.6 Å². The van der Waals surface area contributed by atoms with Crippen LogP contribution in [0.3, 0.4) is 0 Å². The molecule has 1 N–H and O–H groups in total. The Kier molecular flexibility index (Phi) is 3.84. The van der Waals surface area contributed by atoms with Crippen LogP contribution in [-0.2, 0) is 13.0 Å². The minimum absolute atomic E-state index is 0.223. The van der Waals surface area contributed by atoms with Crippen LogP contribution in [0.5, 0.6) is 0 Å². The van der Waals surface area contributed by atoms with E-state index in [1.54, 1.807) is 12.3 Å². The molecule has 0 radical (unpaired) electrons. The van der Waals surface area contributed by atoms with Gasteiger partial charge in [0.15, 0.2) is 4.77 Å². The van der Waals surface area contributed by atoms with Crippen LogP contribution in [0.1, 0.15) is 5.69 Å². The highest BCUT2D eigenvalue weighted by molar-refractivity contribution is 14.1. The number of aryl methyl sites for hydroxylation is 2. The van der Waals surface area contributed by atoms with E-state index in [0.29, 0.717) is 14.9 Å². The molecule has 1 aromatic carbocycles. The first-order valence-corrected chi connectivity index (χ1v) is 7.61. The number of halogens is 2. The Morgan fingerprint density at radius 2 is 2.20 bits per heavy atom. The molecule has 0 amide bonds. The zero-order valence-electron chi connectivity index (χ0n) is 10.4. The van der Waals surface area contributed by atoms with Gasteiger partial charge in [0.25, 0.3) is 0 Å². The monoisotopic (exact) mass is 399 g/mol. The molecule has 0 fully saturated rings. The van der Waals surface area contributed by atoms with Gasteiger partial charge in [-0.3, -0.25) is 4.98 Å². The van der Waals surface area contributed by atoms with Gasteiger partial charge in [-0.05, 0) is 53.0 Å². The molecule has 0 spiro atoms. The smallest absolute Gasteiger partial charge is 0.178 e. The van der Waals surface area contributed by atoms with E-state index in [0.717, 1.165) is 23.1 Å². The number of aromatic amines is 1. The largest absolute Gasteiger partial charge is 0.331 e. The summed E-state index contributed by atoms with van der Waals surface area (Å²) >= 11 is 7.29. The van der Waals surface area contributed by atoms with Crippen molar-refractivity contribution in [2.75, 3.05) is 0 Å². The molecule has 0 aliphatic carbocycles. The van der Waals surface area contributed by atoms with Gasteiger partial charge in [0, 0.05) is 30.9 Å². The summed E-state index contributed by atoms with van der Waals surface area (Å²) in [6, 6.07) is 9.12. The fourth-order valence-corrected chi connectivity index (χ4v) is 2.91. The van der Waals surface area contributed by atoms with Crippen molar-refractivity contribution in [3.05, 3.63) is 56.4 Å². The molecule has 0 bridgehead atoms. The van der Waals surface area contributed by atoms with Gasteiger partial charge in [0.2, 0.25) is 0 Å². The van der Waals surface area contributed by atoms with Crippen molar-refractivity contribution in [3.8, 4) is 0 Å². The first kappa shape index (κ1) is 13.7. The maximum Gasteiger partial charge on any atom is 0.178 e. The fraction of sp³-hybridized carbons (Fsp3) is 0.143. The van der Waals surface area contributed by atoms with E-state index in [2.05, 4.69) is 9.97 Å². The summed E-state index contributed by atoms with van der Waals surface area (Å²) < 4.78 is 16.8. The second-order valence-corrected chi connectivity index (χ2v) is 5.99. The van der Waals surface area contributed by atoms with Crippen molar-refractivity contribution in [1.82, 2.24) is 14.5 Å². The molecule has 0 aliphatic rings. The molecule has 0 aliphatic heterocycles. The van der Waals surface area contributed by atoms with Crippen LogP contribution < -0.4 is 0 Å². The third-order valence-electron chi connectivity index (χ3n) is 3.13. The van der Waals surface area contributed by atoms with Gasteiger partial charge in [-0.2, -0.15) is 0 Å². The van der Waals surface area contributed by atoms with E-state index in [1.165, 1.54) is 6.07 Å². The Morgan fingerprint density at radius 3 is 2.95 bits per heavy atom. The van der Waals surface area contributed by atoms with Crippen molar-refractivity contribution in [2.24, 2.45) is 0 Å². The Hall–Kier alpha value is -1.28. The molecular formula is C14H11FIN3S. The molecule has 2 heterocycles. The zero-order valence-corrected chi connectivity index (χ0v) is 13.4. The minimum atomic E-state index is -0.223. The number of imidazole rings is 1. The number of nitrogens with one attached hydrogen (secondary N) is 1. The van der Waals surface area contributed by atoms with Gasteiger partial charge in [-0.25, -0.2) is 4.39 Å². The number of H-pyrrole nitrogens is 1. The molecule has 3 rings (SSSR count). The van der Waals surface area contributed by atoms with Crippen molar-refractivity contribution in [1.29, 1.82) is 0 Å². The summed E-state index contributed by atoms with van der Waals surface area (Å²) in [5, 5.41) is 0. The Morgan fingerprint density at radius 1 is 1.35 bits per heavy atom. The number of benzene rings is 1. The molecule has 3 aromatic rings. The zero-order chi connectivity index (χ0) is 14.1. The van der Waals surface area contributed by atoms with Crippen LogP contribution in [-0.4, -0.2) is 14.5 Å². The van der Waals surface area contributed by atoms with Gasteiger partial charge < -0.3 is 9.55 Å². The Balaban J connectivity index is 1.97. The van der Waals surface area contributed by atoms with Gasteiger partial charge in [0.1, 0.15) is 5.82 Å². The minimum Gasteiger partial charge on any atom is -0.331 e. The lowest BCUT2D eigenvalue weighted by atomic mass is 10.2. The normalized spacial score (nSPS) is 11.1. The molecule has 20 heavy (non-hydrogen) atoms. The number of aromatic nitrogens is 3. The first-order valence-electron chi connectivity index (χ1n) is 6.12. The van der Waals surface area contributed by atoms with E-state index in [9.17, 15) is 4.39 Å². The van der Waals surface area contributed by atoms with E-state index < -0.39 is 0 Å². The summed E-state index contributed by atoms with van der Waals surface area (Å²) in [5.41, 5.74) is 2.65. The Bertz CT molecular complexity index is 810. The van der Waals surface area contributed by atoms with Gasteiger partial charge >= 0.3 is 0 Å². The molecule has 0 saturated heterocycles. The number of hydrogen-bond acceptors (Lipinski definition) is 2. The third kappa shape index (κ3) is 2.62. The SMILES string of the molecule is Fc1cc2c(cc1I)[nH]c(=S)n2CCc1ccccn1. The van der Waals surface area contributed by atoms with Crippen molar-refractivity contribution in [2.45, 2.75) is 13.0 Å². The standard InChI is InChI=1S/C14H11FIN3S/c15-10-7-13-12(8-11(10)16)18-14(20)19(13)6-4-9-3-1-2-5-17-9/h1-3,5,7-8H,4,6H2,(H,18,20). The maximum absolute atomic E-state index is 13.7. The highest BCUT2D eigenvalue weighted by Gasteiger charge is 2.09. The fourth-order valence-electron chi connectivity index (χ4n) is 2.15. The summed E-state index contributed by atoms with van der Waals surface area (Å²) in [4.78, 5) is 7.40. The number of fused-ring (bicyclic) bond motifs is 1. The van der Waals surface area contributed by atoms with Crippen LogP contribution in [0.15, 0.2) is 36.5 Å². The predicted molar refractivity (Wildman–Crippen MR) is 87.7 cm³/mol. The highest BCUT2D eigenvalue weighted by Crippen LogP contribution is 2.21. The van der Waals surface area contributed by atoms with Crippen molar-refractivity contribution >= 4 is 45.8 Å². The van der Waals surface area contributed by atoms with Crippen LogP contribution in [0.2, 0.25) is 0 Å². The molecule has 102 valence electrons. The summed E-state index contributed by atoms with van der Waals surface area (Å²) in [6.45, 7) is 0.676. The van der Waals surface area contributed by atoms with Crippen LogP contribution in [0.25, 0.3) is 11.0 Å². The van der Waals surface area contributed by atoms with Gasteiger partial charge in [-0.15, -0.1) is 0 Å². The molecule has 6 heteroatoms. The first-order chi connectivity index (χ1) is 9.65. The third-order valence-corrected chi connectivity index (χ3v) is 4.28. The van der Waals surface area contributed by atoms with Crippen LogP contribution in [0.4, 0.5) is 4.39 Å². The van der Waals surface area contributed by atoms with Crippen LogP contribution in [0, 0.1) is 14.2 Å². The second kappa shape index (κ2) is 5.61. The summed E-state index contributed by atoms with van der Waals surface area (Å²) in [5.74, 6) is -0.223. The van der Waals surface area contributed by atoms with Crippen molar-refractivity contribution in [3.63, 3.8) is 0 Å². The lowest BCUT2D eigenvalue weighted by Crippen LogP contribution is -2.02. The molecular weight excluding hydrogens is 388 g/mol. The quantitative estimate of drug-likeness (QED) is 0.532. The second-order valence-electron chi connectivity index (χ2n) is 4.44. The van der Waals surface area contributed by atoms with Crippen molar-refractivity contribution < 1.29 is 4.39 Å². The van der Waals surface area contributed by atoms with E-state index >= 15 is 0 Å². The molecule has 0 atom stereocenters. The molecule has 3 nitrogen and oxygen atoms in total. The lowest BCUT2D eigenvalue weighted by Gasteiger charge is -2.04. The van der Waals surface area contributed by atoms with Gasteiger partial charge in [-0.1, -0.05) is 6.07 Å². The number of rotatable bonds is 3. The lowest BCUT2D eigenvalue weighted by molar-refractivity contribution is 0.619. The average Bonchev–Trinajstić information content (AvgIpc) is 2.73. The summed E-state index contributed by atoms with van der Waals surface area (Å²) in [6.07, 6.45) is 2.53. The van der Waals surface area contributed by atoms with Gasteiger partial charge in [0.05, 0.1) is 14.6 Å². The average molecular weight is 399 g/mol. The number of pyridine rings is 1. The molecule has 0 saturated carbocycles. The Labute approximate surface area is 134 Å². The number of hydrogen-bond donors (Lipinski definition) is 1. The summed E-state index contributed by atoms with van der Waals surface area (Å²) in [7, 11) is 0. The van der Waals surface area contributed by atoms with E-state index in [1.807, 2.05) is 45.4 Å². The highest BCUT2D eigenvalue weighted by atomic mass is 127. The van der Waals surface area contributed by atoms with E-state index in [4.69, 9.17) is 12.2 Å².